The molecule has 25 heavy (non-hydrogen) atoms. The van der Waals surface area contributed by atoms with E-state index in [9.17, 15) is 0 Å². The van der Waals surface area contributed by atoms with Gasteiger partial charge in [0.1, 0.15) is 11.6 Å². The minimum absolute atomic E-state index is 0.0240. The summed E-state index contributed by atoms with van der Waals surface area (Å²) < 4.78 is 7.45. The predicted octanol–water partition coefficient (Wildman–Crippen LogP) is 3.22. The lowest BCUT2D eigenvalue weighted by Gasteiger charge is -2.20. The first kappa shape index (κ1) is 15.7. The molecule has 3 aromatic rings. The summed E-state index contributed by atoms with van der Waals surface area (Å²) >= 11 is 6.29. The second-order valence-electron chi connectivity index (χ2n) is 5.77. The van der Waals surface area contributed by atoms with Crippen molar-refractivity contribution in [3.63, 3.8) is 0 Å². The number of para-hydroxylation sites is 1. The van der Waals surface area contributed by atoms with Gasteiger partial charge in [0.05, 0.1) is 17.7 Å². The van der Waals surface area contributed by atoms with E-state index in [1.54, 1.807) is 17.1 Å². The van der Waals surface area contributed by atoms with Crippen LogP contribution in [0.4, 0.5) is 11.8 Å². The van der Waals surface area contributed by atoms with Gasteiger partial charge in [0.2, 0.25) is 5.95 Å². The van der Waals surface area contributed by atoms with Crippen LogP contribution in [0.15, 0.2) is 42.7 Å². The lowest BCUT2D eigenvalue weighted by molar-refractivity contribution is 0.316. The summed E-state index contributed by atoms with van der Waals surface area (Å²) in [6, 6.07) is 9.44. The van der Waals surface area contributed by atoms with Crippen LogP contribution >= 0.6 is 11.6 Å². The Balaban J connectivity index is 1.68. The third kappa shape index (κ3) is 3.23. The Labute approximate surface area is 149 Å². The molecule has 0 spiro atoms. The number of halogens is 1. The highest BCUT2D eigenvalue weighted by atomic mass is 35.5. The molecular formula is C17H17ClN6O. The highest BCUT2D eigenvalue weighted by molar-refractivity contribution is 6.32. The zero-order valence-corrected chi connectivity index (χ0v) is 14.1. The number of hydrogen-bond acceptors (Lipinski definition) is 6. The summed E-state index contributed by atoms with van der Waals surface area (Å²) in [4.78, 5) is 8.53. The third-order valence-electron chi connectivity index (χ3n) is 4.05. The van der Waals surface area contributed by atoms with Gasteiger partial charge in [0, 0.05) is 24.0 Å². The maximum absolute atomic E-state index is 6.29. The second-order valence-corrected chi connectivity index (χ2v) is 6.17. The molecule has 0 amide bonds. The van der Waals surface area contributed by atoms with Crippen molar-refractivity contribution in [2.75, 3.05) is 17.7 Å². The van der Waals surface area contributed by atoms with Gasteiger partial charge in [-0.05, 0) is 25.0 Å². The standard InChI is InChI=1S/C17H17ClN6O/c18-12-5-1-4-11-13(6-2-9-25-16(11)12)21-14-10-15(23-17(19)22-14)24-8-3-7-20-24/h1,3-5,7-8,10,13H,2,6,9H2,(H3,19,21,22,23). The normalized spacial score (nSPS) is 16.6. The maximum atomic E-state index is 6.29. The van der Waals surface area contributed by atoms with Gasteiger partial charge in [-0.15, -0.1) is 0 Å². The monoisotopic (exact) mass is 356 g/mol. The number of anilines is 2. The smallest absolute Gasteiger partial charge is 0.224 e. The van der Waals surface area contributed by atoms with E-state index >= 15 is 0 Å². The summed E-state index contributed by atoms with van der Waals surface area (Å²) in [6.45, 7) is 0.638. The molecule has 0 aliphatic carbocycles. The fourth-order valence-corrected chi connectivity index (χ4v) is 3.18. The Morgan fingerprint density at radius 2 is 2.20 bits per heavy atom. The van der Waals surface area contributed by atoms with Crippen LogP contribution in [0.1, 0.15) is 24.4 Å². The molecule has 2 aromatic heterocycles. The first-order valence-corrected chi connectivity index (χ1v) is 8.41. The average Bonchev–Trinajstić information content (AvgIpc) is 3.05. The number of nitrogens with one attached hydrogen (secondary N) is 1. The SMILES string of the molecule is Nc1nc(NC2CCCOc3c(Cl)cccc32)cc(-n2cccn2)n1. The topological polar surface area (TPSA) is 90.9 Å². The van der Waals surface area contributed by atoms with Crippen molar-refractivity contribution >= 4 is 23.4 Å². The minimum atomic E-state index is 0.0240. The average molecular weight is 357 g/mol. The predicted molar refractivity (Wildman–Crippen MR) is 96.1 cm³/mol. The van der Waals surface area contributed by atoms with Gasteiger partial charge in [0.15, 0.2) is 5.82 Å². The molecule has 8 heteroatoms. The van der Waals surface area contributed by atoms with Crippen LogP contribution in [0, 0.1) is 0 Å². The van der Waals surface area contributed by atoms with E-state index in [0.29, 0.717) is 23.3 Å². The van der Waals surface area contributed by atoms with Crippen LogP contribution in [0.3, 0.4) is 0 Å². The van der Waals surface area contributed by atoms with Gasteiger partial charge in [-0.1, -0.05) is 23.7 Å². The van der Waals surface area contributed by atoms with Crippen LogP contribution in [0.25, 0.3) is 5.82 Å². The van der Waals surface area contributed by atoms with Crippen molar-refractivity contribution in [2.24, 2.45) is 0 Å². The van der Waals surface area contributed by atoms with Gasteiger partial charge in [-0.25, -0.2) is 4.68 Å². The highest BCUT2D eigenvalue weighted by Crippen LogP contribution is 2.38. The molecule has 3 N–H and O–H groups in total. The molecule has 0 fully saturated rings. The van der Waals surface area contributed by atoms with Gasteiger partial charge < -0.3 is 15.8 Å². The van der Waals surface area contributed by atoms with E-state index < -0.39 is 0 Å². The van der Waals surface area contributed by atoms with Crippen molar-refractivity contribution in [1.82, 2.24) is 19.7 Å². The van der Waals surface area contributed by atoms with Crippen LogP contribution < -0.4 is 15.8 Å². The Bertz CT molecular complexity index is 883. The summed E-state index contributed by atoms with van der Waals surface area (Å²) in [5, 5.41) is 8.24. The van der Waals surface area contributed by atoms with Crippen molar-refractivity contribution in [1.29, 1.82) is 0 Å². The molecular weight excluding hydrogens is 340 g/mol. The van der Waals surface area contributed by atoms with Crippen LogP contribution in [-0.2, 0) is 0 Å². The lowest BCUT2D eigenvalue weighted by atomic mass is 10.0. The highest BCUT2D eigenvalue weighted by Gasteiger charge is 2.22. The Morgan fingerprint density at radius 1 is 1.28 bits per heavy atom. The van der Waals surface area contributed by atoms with Crippen LogP contribution in [0.2, 0.25) is 5.02 Å². The summed E-state index contributed by atoms with van der Waals surface area (Å²) in [6.07, 6.45) is 5.30. The summed E-state index contributed by atoms with van der Waals surface area (Å²) in [7, 11) is 0. The van der Waals surface area contributed by atoms with Gasteiger partial charge >= 0.3 is 0 Å². The van der Waals surface area contributed by atoms with Crippen LogP contribution in [0.5, 0.6) is 5.75 Å². The fourth-order valence-electron chi connectivity index (χ4n) is 2.95. The van der Waals surface area contributed by atoms with Crippen molar-refractivity contribution < 1.29 is 4.74 Å². The molecule has 1 aliphatic rings. The molecule has 3 heterocycles. The Morgan fingerprint density at radius 3 is 3.04 bits per heavy atom. The van der Waals surface area contributed by atoms with E-state index in [1.807, 2.05) is 30.3 Å². The Kier molecular flexibility index (Phi) is 4.15. The number of fused-ring (bicyclic) bond motifs is 1. The third-order valence-corrected chi connectivity index (χ3v) is 4.35. The number of nitrogens with two attached hydrogens (primary N) is 1. The van der Waals surface area contributed by atoms with Gasteiger partial charge in [-0.2, -0.15) is 15.1 Å². The van der Waals surface area contributed by atoms with Crippen molar-refractivity contribution in [3.05, 3.63) is 53.3 Å². The molecule has 1 aliphatic heterocycles. The molecule has 7 nitrogen and oxygen atoms in total. The maximum Gasteiger partial charge on any atom is 0.224 e. The molecule has 1 atom stereocenters. The zero-order valence-electron chi connectivity index (χ0n) is 13.4. The first-order chi connectivity index (χ1) is 12.2. The number of nitrogen functional groups attached to an aromatic ring is 1. The quantitative estimate of drug-likeness (QED) is 0.748. The number of hydrogen-bond donors (Lipinski definition) is 2. The van der Waals surface area contributed by atoms with Gasteiger partial charge in [-0.3, -0.25) is 0 Å². The minimum Gasteiger partial charge on any atom is -0.492 e. The van der Waals surface area contributed by atoms with Crippen molar-refractivity contribution in [2.45, 2.75) is 18.9 Å². The van der Waals surface area contributed by atoms with Gasteiger partial charge in [0.25, 0.3) is 0 Å². The second kappa shape index (κ2) is 6.60. The molecule has 0 saturated carbocycles. The molecule has 128 valence electrons. The summed E-state index contributed by atoms with van der Waals surface area (Å²) in [5.74, 6) is 2.16. The molecule has 1 unspecified atom stereocenters. The van der Waals surface area contributed by atoms with E-state index in [-0.39, 0.29) is 12.0 Å². The number of nitrogens with zero attached hydrogens (tertiary/aromatic N) is 4. The fraction of sp³-hybridized carbons (Fsp3) is 0.235. The van der Waals surface area contributed by atoms with Crippen molar-refractivity contribution in [3.8, 4) is 11.6 Å². The molecule has 4 rings (SSSR count). The number of aromatic nitrogens is 4. The van der Waals surface area contributed by atoms with Crippen LogP contribution in [-0.4, -0.2) is 26.4 Å². The lowest BCUT2D eigenvalue weighted by Crippen LogP contribution is -2.13. The van der Waals surface area contributed by atoms with E-state index in [2.05, 4.69) is 20.4 Å². The molecule has 0 bridgehead atoms. The zero-order chi connectivity index (χ0) is 17.2. The molecule has 1 aromatic carbocycles. The molecule has 0 radical (unpaired) electrons. The number of rotatable bonds is 3. The first-order valence-electron chi connectivity index (χ1n) is 8.03. The van der Waals surface area contributed by atoms with E-state index in [1.165, 1.54) is 0 Å². The van der Waals surface area contributed by atoms with E-state index in [4.69, 9.17) is 22.1 Å². The summed E-state index contributed by atoms with van der Waals surface area (Å²) in [5.41, 5.74) is 6.89. The van der Waals surface area contributed by atoms with E-state index in [0.717, 1.165) is 24.2 Å². The largest absolute Gasteiger partial charge is 0.492 e. The number of benzene rings is 1. The molecule has 0 saturated heterocycles. The number of ether oxygens (including phenoxy) is 1. The Hall–Kier alpha value is -2.80.